The second-order valence-corrected chi connectivity index (χ2v) is 2.11. The fraction of sp³-hybridized carbons (Fsp3) is 0.600. The molecule has 1 unspecified atom stereocenters. The number of amides is 1. The number of aliphatic hydroxyl groups excluding tert-OH is 1. The first-order valence-corrected chi connectivity index (χ1v) is 3.06. The van der Waals surface area contributed by atoms with Crippen molar-refractivity contribution in [2.24, 2.45) is 0 Å². The summed E-state index contributed by atoms with van der Waals surface area (Å²) in [4.78, 5) is 20.9. The average molecular weight is 166 g/mol. The average Bonchev–Trinajstić information content (AvgIpc) is 1.87. The summed E-state index contributed by atoms with van der Waals surface area (Å²) in [6, 6.07) is 0. The molecule has 0 radical (unpaired) electrons. The Balaban J connectivity index is 3.82. The summed E-state index contributed by atoms with van der Waals surface area (Å²) < 4.78 is 0. The van der Waals surface area contributed by atoms with Gasteiger partial charge >= 0.3 is 0 Å². The summed E-state index contributed by atoms with van der Waals surface area (Å²) >= 11 is 5.27. The van der Waals surface area contributed by atoms with E-state index in [4.69, 9.17) is 16.7 Å². The van der Waals surface area contributed by atoms with Crippen molar-refractivity contribution < 1.29 is 14.7 Å². The van der Waals surface area contributed by atoms with Crippen molar-refractivity contribution in [3.8, 4) is 0 Å². The molecule has 0 aromatic carbocycles. The lowest BCUT2D eigenvalue weighted by Crippen LogP contribution is -2.35. The second kappa shape index (κ2) is 4.24. The molecule has 0 aromatic heterocycles. The summed E-state index contributed by atoms with van der Waals surface area (Å²) in [6.07, 6.45) is 0. The number of halogens is 1. The zero-order valence-electron chi connectivity index (χ0n) is 5.43. The number of carbonyl (C=O) groups is 2. The van der Waals surface area contributed by atoms with Gasteiger partial charge in [0.05, 0.1) is 0 Å². The molecule has 0 saturated heterocycles. The third kappa shape index (κ3) is 2.80. The van der Waals surface area contributed by atoms with Gasteiger partial charge in [0.1, 0.15) is 6.73 Å². The molecule has 1 atom stereocenters. The topological polar surface area (TPSA) is 66.4 Å². The van der Waals surface area contributed by atoms with E-state index in [2.05, 4.69) is 0 Å². The number of rotatable bonds is 3. The van der Waals surface area contributed by atoms with E-state index in [1.54, 1.807) is 0 Å². The Morgan fingerprint density at radius 1 is 1.70 bits per heavy atom. The molecular formula is C5H8ClNO3. The van der Waals surface area contributed by atoms with Crippen molar-refractivity contribution in [1.82, 2.24) is 5.32 Å². The number of aliphatic hydroxyl groups is 1. The first-order chi connectivity index (χ1) is 4.59. The number of nitrogens with one attached hydrogen (secondary N) is 1. The molecular weight excluding hydrogens is 158 g/mol. The van der Waals surface area contributed by atoms with Crippen LogP contribution in [-0.4, -0.2) is 28.9 Å². The predicted octanol–water partition coefficient (Wildman–Crippen LogP) is -0.751. The fourth-order valence-electron chi connectivity index (χ4n) is 0.352. The molecule has 0 bridgehead atoms. The highest BCUT2D eigenvalue weighted by Crippen LogP contribution is 1.95. The van der Waals surface area contributed by atoms with Crippen molar-refractivity contribution in [2.75, 3.05) is 6.73 Å². The monoisotopic (exact) mass is 165 g/mol. The number of hydrogen-bond acceptors (Lipinski definition) is 3. The van der Waals surface area contributed by atoms with Gasteiger partial charge < -0.3 is 10.4 Å². The summed E-state index contributed by atoms with van der Waals surface area (Å²) in [7, 11) is 0. The van der Waals surface area contributed by atoms with Crippen LogP contribution < -0.4 is 5.32 Å². The number of carbonyl (C=O) groups excluding carboxylic acids is 2. The minimum absolute atomic E-state index is 0.437. The van der Waals surface area contributed by atoms with Crippen molar-refractivity contribution in [3.63, 3.8) is 0 Å². The molecule has 0 aliphatic carbocycles. The molecule has 2 N–H and O–H groups in total. The van der Waals surface area contributed by atoms with Crippen molar-refractivity contribution >= 4 is 23.3 Å². The number of hydrogen-bond donors (Lipinski definition) is 2. The fourth-order valence-corrected chi connectivity index (χ4v) is 0.429. The van der Waals surface area contributed by atoms with Gasteiger partial charge in [-0.2, -0.15) is 0 Å². The van der Waals surface area contributed by atoms with Crippen LogP contribution in [0.25, 0.3) is 0 Å². The van der Waals surface area contributed by atoms with Crippen LogP contribution in [-0.2, 0) is 9.59 Å². The molecule has 0 fully saturated rings. The van der Waals surface area contributed by atoms with Gasteiger partial charge in [-0.3, -0.25) is 9.59 Å². The van der Waals surface area contributed by atoms with Gasteiger partial charge in [-0.15, -0.1) is 11.6 Å². The minimum Gasteiger partial charge on any atom is -0.376 e. The quantitative estimate of drug-likeness (QED) is 0.329. The van der Waals surface area contributed by atoms with Gasteiger partial charge in [-0.25, -0.2) is 0 Å². The molecule has 0 rings (SSSR count). The van der Waals surface area contributed by atoms with Crippen LogP contribution >= 0.6 is 11.6 Å². The molecule has 10 heavy (non-hydrogen) atoms. The third-order valence-electron chi connectivity index (χ3n) is 0.840. The Morgan fingerprint density at radius 2 is 2.20 bits per heavy atom. The van der Waals surface area contributed by atoms with Crippen LogP contribution in [0.2, 0.25) is 0 Å². The summed E-state index contributed by atoms with van der Waals surface area (Å²) in [5, 5.41) is 8.97. The molecule has 0 heterocycles. The highest BCUT2D eigenvalue weighted by Gasteiger charge is 2.18. The number of Topliss-reactive ketones (excluding diaryl/α,β-unsaturated/α-hetero) is 1. The van der Waals surface area contributed by atoms with Crippen LogP contribution in [0.5, 0.6) is 0 Å². The maximum Gasteiger partial charge on any atom is 0.247 e. The van der Waals surface area contributed by atoms with E-state index in [0.717, 1.165) is 0 Å². The normalized spacial score (nSPS) is 12.3. The lowest BCUT2D eigenvalue weighted by atomic mass is 10.3. The first kappa shape index (κ1) is 9.39. The summed E-state index contributed by atoms with van der Waals surface area (Å²) in [6.45, 7) is 0.698. The molecule has 1 amide bonds. The highest BCUT2D eigenvalue weighted by molar-refractivity contribution is 6.41. The maximum absolute atomic E-state index is 10.6. The van der Waals surface area contributed by atoms with Gasteiger partial charge in [-0.05, 0) is 6.92 Å². The molecule has 4 nitrogen and oxygen atoms in total. The van der Waals surface area contributed by atoms with Gasteiger partial charge in [0.15, 0.2) is 11.2 Å². The van der Waals surface area contributed by atoms with E-state index in [-0.39, 0.29) is 0 Å². The van der Waals surface area contributed by atoms with Gasteiger partial charge in [0.2, 0.25) is 5.91 Å². The molecule has 0 aliphatic heterocycles. The molecule has 0 aliphatic rings. The Kier molecular flexibility index (Phi) is 3.99. The molecule has 0 spiro atoms. The predicted molar refractivity (Wildman–Crippen MR) is 35.6 cm³/mol. The van der Waals surface area contributed by atoms with E-state index < -0.39 is 23.8 Å². The van der Waals surface area contributed by atoms with Crippen LogP contribution in [0.15, 0.2) is 0 Å². The highest BCUT2D eigenvalue weighted by atomic mass is 35.5. The van der Waals surface area contributed by atoms with Crippen LogP contribution in [0, 0.1) is 0 Å². The van der Waals surface area contributed by atoms with E-state index in [0.29, 0.717) is 0 Å². The Labute approximate surface area is 63.2 Å². The second-order valence-electron chi connectivity index (χ2n) is 1.67. The standard InChI is InChI=1S/C5H8ClNO3/c1-3(9)4(6)5(10)7-2-8/h4,8H,2H2,1H3,(H,7,10). The molecule has 0 aromatic rings. The maximum atomic E-state index is 10.6. The largest absolute Gasteiger partial charge is 0.376 e. The summed E-state index contributed by atoms with van der Waals surface area (Å²) in [5.41, 5.74) is 0. The molecule has 58 valence electrons. The van der Waals surface area contributed by atoms with E-state index >= 15 is 0 Å². The number of ketones is 1. The van der Waals surface area contributed by atoms with Gasteiger partial charge in [0.25, 0.3) is 0 Å². The first-order valence-electron chi connectivity index (χ1n) is 2.62. The lowest BCUT2D eigenvalue weighted by molar-refractivity contribution is -0.127. The van der Waals surface area contributed by atoms with Crippen molar-refractivity contribution in [2.45, 2.75) is 12.3 Å². The van der Waals surface area contributed by atoms with Crippen molar-refractivity contribution in [3.05, 3.63) is 0 Å². The summed E-state index contributed by atoms with van der Waals surface area (Å²) in [5.74, 6) is -1.11. The van der Waals surface area contributed by atoms with Crippen LogP contribution in [0.3, 0.4) is 0 Å². The third-order valence-corrected chi connectivity index (χ3v) is 1.35. The van der Waals surface area contributed by atoms with Gasteiger partial charge in [0, 0.05) is 0 Å². The smallest absolute Gasteiger partial charge is 0.247 e. The zero-order valence-corrected chi connectivity index (χ0v) is 6.18. The number of alkyl halides is 1. The van der Waals surface area contributed by atoms with E-state index in [1.807, 2.05) is 5.32 Å². The molecule has 0 saturated carbocycles. The van der Waals surface area contributed by atoms with Crippen molar-refractivity contribution in [1.29, 1.82) is 0 Å². The Morgan fingerprint density at radius 3 is 2.50 bits per heavy atom. The lowest BCUT2D eigenvalue weighted by Gasteiger charge is -2.03. The minimum atomic E-state index is -1.19. The van der Waals surface area contributed by atoms with E-state index in [1.165, 1.54) is 6.92 Å². The van der Waals surface area contributed by atoms with Gasteiger partial charge in [-0.1, -0.05) is 0 Å². The van der Waals surface area contributed by atoms with E-state index in [9.17, 15) is 9.59 Å². The van der Waals surface area contributed by atoms with Crippen LogP contribution in [0.1, 0.15) is 6.92 Å². The Hall–Kier alpha value is -0.610. The SMILES string of the molecule is CC(=O)C(Cl)C(=O)NCO. The Bertz CT molecular complexity index is 148. The molecule has 5 heteroatoms. The zero-order chi connectivity index (χ0) is 8.15. The van der Waals surface area contributed by atoms with Crippen LogP contribution in [0.4, 0.5) is 0 Å².